The fourth-order valence-corrected chi connectivity index (χ4v) is 2.65. The highest BCUT2D eigenvalue weighted by Gasteiger charge is 2.21. The van der Waals surface area contributed by atoms with Crippen LogP contribution < -0.4 is 5.32 Å². The van der Waals surface area contributed by atoms with E-state index in [-0.39, 0.29) is 24.2 Å². The van der Waals surface area contributed by atoms with Crippen LogP contribution in [0.1, 0.15) is 43.9 Å². The molecule has 0 aliphatic heterocycles. The minimum atomic E-state index is -0.897. The van der Waals surface area contributed by atoms with Crippen LogP contribution >= 0.6 is 0 Å². The highest BCUT2D eigenvalue weighted by molar-refractivity contribution is 5.84. The van der Waals surface area contributed by atoms with Crippen molar-refractivity contribution in [1.29, 1.82) is 0 Å². The Morgan fingerprint density at radius 2 is 1.73 bits per heavy atom. The Morgan fingerprint density at radius 3 is 2.35 bits per heavy atom. The van der Waals surface area contributed by atoms with Crippen LogP contribution in [0, 0.1) is 5.82 Å². The summed E-state index contributed by atoms with van der Waals surface area (Å²) in [5.74, 6) is -1.22. The van der Waals surface area contributed by atoms with Gasteiger partial charge in [0, 0.05) is 0 Å². The first-order chi connectivity index (χ1) is 12.5. The fourth-order valence-electron chi connectivity index (χ4n) is 2.65. The van der Waals surface area contributed by atoms with E-state index < -0.39 is 12.1 Å². The van der Waals surface area contributed by atoms with Crippen molar-refractivity contribution >= 4 is 11.9 Å². The molecule has 2 atom stereocenters. The van der Waals surface area contributed by atoms with Gasteiger partial charge in [0.25, 0.3) is 5.91 Å². The Balaban J connectivity index is 1.90. The molecular formula is C21H24FNO3. The Bertz CT molecular complexity index is 716. The third kappa shape index (κ3) is 5.99. The molecule has 5 heteroatoms. The van der Waals surface area contributed by atoms with Crippen LogP contribution in [0.4, 0.5) is 4.39 Å². The smallest absolute Gasteiger partial charge is 0.311 e. The summed E-state index contributed by atoms with van der Waals surface area (Å²) in [4.78, 5) is 24.4. The van der Waals surface area contributed by atoms with Crippen molar-refractivity contribution in [3.05, 3.63) is 71.5 Å². The van der Waals surface area contributed by atoms with Gasteiger partial charge in [-0.15, -0.1) is 0 Å². The molecule has 0 spiro atoms. The number of hydrogen-bond donors (Lipinski definition) is 1. The molecule has 0 saturated heterocycles. The molecule has 2 rings (SSSR count). The van der Waals surface area contributed by atoms with E-state index in [4.69, 9.17) is 4.74 Å². The van der Waals surface area contributed by atoms with Gasteiger partial charge < -0.3 is 10.1 Å². The number of halogens is 1. The summed E-state index contributed by atoms with van der Waals surface area (Å²) in [6.45, 7) is 3.60. The number of esters is 1. The first-order valence-electron chi connectivity index (χ1n) is 8.78. The minimum absolute atomic E-state index is 0.00499. The quantitative estimate of drug-likeness (QED) is 0.728. The average molecular weight is 357 g/mol. The number of nitrogens with one attached hydrogen (secondary N) is 1. The second kappa shape index (κ2) is 9.70. The molecule has 2 aromatic carbocycles. The van der Waals surface area contributed by atoms with Crippen LogP contribution in [0.5, 0.6) is 0 Å². The Hall–Kier alpha value is -2.69. The van der Waals surface area contributed by atoms with Crippen LogP contribution in [0.2, 0.25) is 0 Å². The molecule has 0 heterocycles. The van der Waals surface area contributed by atoms with Gasteiger partial charge in [-0.25, -0.2) is 4.39 Å². The van der Waals surface area contributed by atoms with Crippen LogP contribution in [0.15, 0.2) is 54.6 Å². The van der Waals surface area contributed by atoms with E-state index in [1.807, 2.05) is 37.3 Å². The number of carbonyl (C=O) groups excluding carboxylic acids is 2. The molecule has 0 saturated carbocycles. The van der Waals surface area contributed by atoms with Gasteiger partial charge in [-0.2, -0.15) is 0 Å². The summed E-state index contributed by atoms with van der Waals surface area (Å²) in [6.07, 6.45) is 0.811. The van der Waals surface area contributed by atoms with Gasteiger partial charge in [0.05, 0.1) is 12.5 Å². The van der Waals surface area contributed by atoms with Crippen LogP contribution in [-0.2, 0) is 20.7 Å². The Labute approximate surface area is 153 Å². The van der Waals surface area contributed by atoms with Crippen molar-refractivity contribution in [1.82, 2.24) is 5.32 Å². The number of hydrogen-bond acceptors (Lipinski definition) is 3. The molecule has 0 aliphatic rings. The maximum absolute atomic E-state index is 12.9. The summed E-state index contributed by atoms with van der Waals surface area (Å²) in [7, 11) is 0. The van der Waals surface area contributed by atoms with Crippen molar-refractivity contribution in [2.75, 3.05) is 0 Å². The highest BCUT2D eigenvalue weighted by atomic mass is 19.1. The van der Waals surface area contributed by atoms with Crippen molar-refractivity contribution < 1.29 is 18.7 Å². The molecule has 0 bridgehead atoms. The van der Waals surface area contributed by atoms with Gasteiger partial charge in [0.1, 0.15) is 5.82 Å². The average Bonchev–Trinajstić information content (AvgIpc) is 2.63. The molecule has 0 fully saturated rings. The first kappa shape index (κ1) is 19.6. The molecule has 26 heavy (non-hydrogen) atoms. The second-order valence-electron chi connectivity index (χ2n) is 6.20. The molecule has 4 nitrogen and oxygen atoms in total. The molecule has 2 aromatic rings. The summed E-state index contributed by atoms with van der Waals surface area (Å²) < 4.78 is 18.1. The Morgan fingerprint density at radius 1 is 1.08 bits per heavy atom. The zero-order chi connectivity index (χ0) is 18.9. The van der Waals surface area contributed by atoms with E-state index in [1.54, 1.807) is 6.92 Å². The maximum atomic E-state index is 12.9. The third-order valence-electron chi connectivity index (χ3n) is 4.03. The van der Waals surface area contributed by atoms with Gasteiger partial charge in [-0.05, 0) is 36.6 Å². The van der Waals surface area contributed by atoms with Crippen molar-refractivity contribution in [2.24, 2.45) is 0 Å². The highest BCUT2D eigenvalue weighted by Crippen LogP contribution is 2.18. The zero-order valence-electron chi connectivity index (χ0n) is 15.1. The van der Waals surface area contributed by atoms with E-state index in [1.165, 1.54) is 24.3 Å². The van der Waals surface area contributed by atoms with Gasteiger partial charge in [-0.1, -0.05) is 55.8 Å². The normalized spacial score (nSPS) is 12.9. The molecule has 0 radical (unpaired) electrons. The topological polar surface area (TPSA) is 55.4 Å². The molecule has 0 aliphatic carbocycles. The lowest BCUT2D eigenvalue weighted by Gasteiger charge is -2.21. The van der Waals surface area contributed by atoms with E-state index in [0.29, 0.717) is 5.56 Å². The van der Waals surface area contributed by atoms with Gasteiger partial charge >= 0.3 is 5.97 Å². The monoisotopic (exact) mass is 357 g/mol. The Kier molecular flexibility index (Phi) is 7.33. The first-order valence-corrected chi connectivity index (χ1v) is 8.78. The van der Waals surface area contributed by atoms with Crippen molar-refractivity contribution in [3.8, 4) is 0 Å². The molecule has 1 N–H and O–H groups in total. The van der Waals surface area contributed by atoms with Crippen LogP contribution in [-0.4, -0.2) is 18.0 Å². The van der Waals surface area contributed by atoms with Gasteiger partial charge in [0.15, 0.2) is 6.10 Å². The number of rotatable bonds is 8. The number of ether oxygens (including phenoxy) is 1. The van der Waals surface area contributed by atoms with Gasteiger partial charge in [0.2, 0.25) is 0 Å². The van der Waals surface area contributed by atoms with Gasteiger partial charge in [-0.3, -0.25) is 9.59 Å². The number of carbonyl (C=O) groups is 2. The molecular weight excluding hydrogens is 333 g/mol. The predicted octanol–water partition coefficient (Wildman–Crippen LogP) is 3.96. The summed E-state index contributed by atoms with van der Waals surface area (Å²) in [5.41, 5.74) is 1.66. The maximum Gasteiger partial charge on any atom is 0.311 e. The third-order valence-corrected chi connectivity index (χ3v) is 4.03. The van der Waals surface area contributed by atoms with E-state index in [0.717, 1.165) is 18.4 Å². The SMILES string of the molecule is CCCC(NC(=O)C(C)OC(=O)Cc1ccc(F)cc1)c1ccccc1. The lowest BCUT2D eigenvalue weighted by Crippen LogP contribution is -2.38. The summed E-state index contributed by atoms with van der Waals surface area (Å²) in [6, 6.07) is 15.2. The zero-order valence-corrected chi connectivity index (χ0v) is 15.1. The standard InChI is InChI=1S/C21H24FNO3/c1-3-7-19(17-8-5-4-6-9-17)23-21(25)15(2)26-20(24)14-16-10-12-18(22)13-11-16/h4-6,8-13,15,19H,3,7,14H2,1-2H3,(H,23,25). The molecule has 0 aromatic heterocycles. The largest absolute Gasteiger partial charge is 0.452 e. The number of amides is 1. The predicted molar refractivity (Wildman–Crippen MR) is 97.9 cm³/mol. The minimum Gasteiger partial charge on any atom is -0.452 e. The summed E-state index contributed by atoms with van der Waals surface area (Å²) >= 11 is 0. The molecule has 1 amide bonds. The second-order valence-corrected chi connectivity index (χ2v) is 6.20. The van der Waals surface area contributed by atoms with Crippen LogP contribution in [0.3, 0.4) is 0 Å². The fraction of sp³-hybridized carbons (Fsp3) is 0.333. The van der Waals surface area contributed by atoms with Crippen LogP contribution in [0.25, 0.3) is 0 Å². The van der Waals surface area contributed by atoms with E-state index >= 15 is 0 Å². The summed E-state index contributed by atoms with van der Waals surface area (Å²) in [5, 5.41) is 2.94. The van der Waals surface area contributed by atoms with Crippen molar-refractivity contribution in [3.63, 3.8) is 0 Å². The van der Waals surface area contributed by atoms with E-state index in [9.17, 15) is 14.0 Å². The molecule has 2 unspecified atom stereocenters. The van der Waals surface area contributed by atoms with E-state index in [2.05, 4.69) is 5.32 Å². The lowest BCUT2D eigenvalue weighted by atomic mass is 10.0. The lowest BCUT2D eigenvalue weighted by molar-refractivity contribution is -0.154. The molecule has 138 valence electrons. The number of benzene rings is 2. The van der Waals surface area contributed by atoms with Crippen molar-refractivity contribution in [2.45, 2.75) is 45.3 Å².